The average molecular weight is 600 g/mol. The number of carbonyl (C=O) groups is 2. The number of rotatable bonds is 9. The van der Waals surface area contributed by atoms with E-state index in [-0.39, 0.29) is 0 Å². The minimum absolute atomic E-state index is 0.350. The molecule has 5 aromatic rings. The lowest BCUT2D eigenvalue weighted by Gasteiger charge is -2.35. The molecule has 0 spiro atoms. The summed E-state index contributed by atoms with van der Waals surface area (Å²) < 4.78 is 17.3. The molecular formula is C37H33N3O5. The molecule has 4 aromatic carbocycles. The van der Waals surface area contributed by atoms with Crippen molar-refractivity contribution in [3.8, 4) is 22.9 Å². The molecule has 226 valence electrons. The second kappa shape index (κ2) is 14.2. The van der Waals surface area contributed by atoms with E-state index in [0.717, 1.165) is 27.9 Å². The van der Waals surface area contributed by atoms with Crippen LogP contribution in [0.3, 0.4) is 0 Å². The van der Waals surface area contributed by atoms with Crippen LogP contribution in [0.4, 0.5) is 10.5 Å². The summed E-state index contributed by atoms with van der Waals surface area (Å²) in [6.07, 6.45) is -0.620. The maximum atomic E-state index is 12.6. The smallest absolute Gasteiger partial charge is 0.417 e. The summed E-state index contributed by atoms with van der Waals surface area (Å²) in [5.74, 6) is 0.342. The Bertz CT molecular complexity index is 1710. The molecule has 1 aliphatic heterocycles. The number of aromatic nitrogens is 1. The minimum Gasteiger partial charge on any atom is -0.473 e. The molecule has 0 aliphatic carbocycles. The van der Waals surface area contributed by atoms with Crippen LogP contribution < -0.4 is 14.4 Å². The highest BCUT2D eigenvalue weighted by Gasteiger charge is 2.25. The molecule has 45 heavy (non-hydrogen) atoms. The van der Waals surface area contributed by atoms with Crippen LogP contribution in [0.15, 0.2) is 127 Å². The number of hydrogen-bond acceptors (Lipinski definition) is 7. The monoisotopic (exact) mass is 599 g/mol. The second-order valence-corrected chi connectivity index (χ2v) is 10.6. The van der Waals surface area contributed by atoms with E-state index in [4.69, 9.17) is 19.2 Å². The van der Waals surface area contributed by atoms with E-state index in [2.05, 4.69) is 17.0 Å². The van der Waals surface area contributed by atoms with Gasteiger partial charge in [0.15, 0.2) is 0 Å². The predicted octanol–water partition coefficient (Wildman–Crippen LogP) is 7.01. The first kappa shape index (κ1) is 29.4. The second-order valence-electron chi connectivity index (χ2n) is 10.6. The zero-order valence-electron chi connectivity index (χ0n) is 24.7. The number of carbonyl (C=O) groups excluding carboxylic acids is 2. The van der Waals surface area contributed by atoms with E-state index in [0.29, 0.717) is 56.7 Å². The van der Waals surface area contributed by atoms with Gasteiger partial charge in [-0.1, -0.05) is 91.0 Å². The SMILES string of the molecule is O=C(OC(=O)N1CCN(c2ccc(-c3ccc(OCc4ccccc4)nc3OCc3ccccc3)cc2)CC1)c1ccccc1. The number of ether oxygens (including phenoxy) is 3. The Balaban J connectivity index is 1.11. The Hall–Kier alpha value is -5.63. The highest BCUT2D eigenvalue weighted by molar-refractivity contribution is 5.96. The maximum Gasteiger partial charge on any atom is 0.417 e. The van der Waals surface area contributed by atoms with Crippen LogP contribution in [-0.4, -0.2) is 48.1 Å². The van der Waals surface area contributed by atoms with Gasteiger partial charge in [0.2, 0.25) is 11.8 Å². The largest absolute Gasteiger partial charge is 0.473 e. The summed E-state index contributed by atoms with van der Waals surface area (Å²) in [7, 11) is 0. The van der Waals surface area contributed by atoms with Crippen LogP contribution >= 0.6 is 0 Å². The molecule has 1 fully saturated rings. The summed E-state index contributed by atoms with van der Waals surface area (Å²) in [5.41, 5.74) is 5.32. The molecular weight excluding hydrogens is 566 g/mol. The minimum atomic E-state index is -0.643. The molecule has 8 heteroatoms. The highest BCUT2D eigenvalue weighted by atomic mass is 16.6. The number of amides is 1. The number of pyridine rings is 1. The summed E-state index contributed by atoms with van der Waals surface area (Å²) in [5, 5.41) is 0. The van der Waals surface area contributed by atoms with Crippen molar-refractivity contribution in [2.45, 2.75) is 13.2 Å². The van der Waals surface area contributed by atoms with Gasteiger partial charge < -0.3 is 24.0 Å². The Morgan fingerprint density at radius 2 is 1.20 bits per heavy atom. The summed E-state index contributed by atoms with van der Waals surface area (Å²) in [6, 6.07) is 40.5. The van der Waals surface area contributed by atoms with E-state index in [1.807, 2.05) is 84.9 Å². The fourth-order valence-electron chi connectivity index (χ4n) is 5.07. The first-order valence-electron chi connectivity index (χ1n) is 14.9. The van der Waals surface area contributed by atoms with Gasteiger partial charge in [0, 0.05) is 43.5 Å². The molecule has 0 atom stereocenters. The van der Waals surface area contributed by atoms with Gasteiger partial charge in [-0.2, -0.15) is 4.98 Å². The van der Waals surface area contributed by atoms with Crippen molar-refractivity contribution < 1.29 is 23.8 Å². The lowest BCUT2D eigenvalue weighted by molar-refractivity contribution is 0.0537. The van der Waals surface area contributed by atoms with Crippen molar-refractivity contribution in [2.75, 3.05) is 31.1 Å². The highest BCUT2D eigenvalue weighted by Crippen LogP contribution is 2.33. The van der Waals surface area contributed by atoms with Gasteiger partial charge >= 0.3 is 12.1 Å². The lowest BCUT2D eigenvalue weighted by Crippen LogP contribution is -2.49. The Labute approximate surface area is 262 Å². The van der Waals surface area contributed by atoms with E-state index < -0.39 is 12.1 Å². The summed E-state index contributed by atoms with van der Waals surface area (Å²) in [4.78, 5) is 33.4. The first-order valence-corrected chi connectivity index (χ1v) is 14.9. The van der Waals surface area contributed by atoms with Gasteiger partial charge in [-0.15, -0.1) is 0 Å². The summed E-state index contributed by atoms with van der Waals surface area (Å²) in [6.45, 7) is 2.94. The van der Waals surface area contributed by atoms with Gasteiger partial charge in [-0.05, 0) is 47.0 Å². The van der Waals surface area contributed by atoms with E-state index in [1.54, 1.807) is 35.2 Å². The summed E-state index contributed by atoms with van der Waals surface area (Å²) >= 11 is 0. The van der Waals surface area contributed by atoms with Gasteiger partial charge in [0.05, 0.1) is 5.56 Å². The van der Waals surface area contributed by atoms with Gasteiger partial charge in [0.25, 0.3) is 0 Å². The Kier molecular flexibility index (Phi) is 9.31. The maximum absolute atomic E-state index is 12.6. The van der Waals surface area contributed by atoms with Gasteiger partial charge in [-0.3, -0.25) is 0 Å². The third-order valence-electron chi connectivity index (χ3n) is 7.55. The zero-order valence-corrected chi connectivity index (χ0v) is 24.7. The molecule has 1 aromatic heterocycles. The van der Waals surface area contributed by atoms with Gasteiger partial charge in [0.1, 0.15) is 13.2 Å². The molecule has 0 saturated carbocycles. The van der Waals surface area contributed by atoms with Crippen LogP contribution in [0.2, 0.25) is 0 Å². The predicted molar refractivity (Wildman–Crippen MR) is 172 cm³/mol. The molecule has 1 amide bonds. The Morgan fingerprint density at radius 3 is 1.82 bits per heavy atom. The van der Waals surface area contributed by atoms with Crippen molar-refractivity contribution in [3.63, 3.8) is 0 Å². The van der Waals surface area contributed by atoms with Crippen LogP contribution in [0.5, 0.6) is 11.8 Å². The molecule has 2 heterocycles. The van der Waals surface area contributed by atoms with Crippen LogP contribution in [0.1, 0.15) is 21.5 Å². The molecule has 1 aliphatic rings. The van der Waals surface area contributed by atoms with E-state index in [9.17, 15) is 9.59 Å². The topological polar surface area (TPSA) is 81.2 Å². The third kappa shape index (κ3) is 7.67. The number of esters is 1. The number of piperazine rings is 1. The average Bonchev–Trinajstić information content (AvgIpc) is 3.11. The number of nitrogens with zero attached hydrogens (tertiary/aromatic N) is 3. The zero-order chi connectivity index (χ0) is 30.8. The van der Waals surface area contributed by atoms with Crippen molar-refractivity contribution >= 4 is 17.7 Å². The number of benzene rings is 4. The fraction of sp³-hybridized carbons (Fsp3) is 0.162. The lowest BCUT2D eigenvalue weighted by atomic mass is 10.1. The van der Waals surface area contributed by atoms with Crippen LogP contribution in [0, 0.1) is 0 Å². The van der Waals surface area contributed by atoms with Crippen molar-refractivity contribution in [1.29, 1.82) is 0 Å². The number of hydrogen-bond donors (Lipinski definition) is 0. The normalized spacial score (nSPS) is 12.8. The molecule has 1 saturated heterocycles. The molecule has 0 unspecified atom stereocenters. The molecule has 6 rings (SSSR count). The Morgan fingerprint density at radius 1 is 0.622 bits per heavy atom. The standard InChI is InChI=1S/C37H33N3O5/c41-36(31-14-8-3-9-15-31)45-37(42)40-24-22-39(23-25-40)32-18-16-30(17-19-32)33-20-21-34(43-26-28-10-4-1-5-11-28)38-35(33)44-27-29-12-6-2-7-13-29/h1-21H,22-27H2. The molecule has 0 bridgehead atoms. The van der Waals surface area contributed by atoms with Crippen molar-refractivity contribution in [1.82, 2.24) is 9.88 Å². The van der Waals surface area contributed by atoms with Crippen LogP contribution in [0.25, 0.3) is 11.1 Å². The first-order chi connectivity index (χ1) is 22.1. The fourth-order valence-corrected chi connectivity index (χ4v) is 5.07. The van der Waals surface area contributed by atoms with Crippen molar-refractivity contribution in [3.05, 3.63) is 144 Å². The quantitative estimate of drug-likeness (QED) is 0.133. The van der Waals surface area contributed by atoms with Crippen LogP contribution in [-0.2, 0) is 18.0 Å². The molecule has 8 nitrogen and oxygen atoms in total. The van der Waals surface area contributed by atoms with Crippen molar-refractivity contribution in [2.24, 2.45) is 0 Å². The molecule has 0 radical (unpaired) electrons. The van der Waals surface area contributed by atoms with E-state index in [1.165, 1.54) is 0 Å². The van der Waals surface area contributed by atoms with E-state index >= 15 is 0 Å². The van der Waals surface area contributed by atoms with Gasteiger partial charge in [-0.25, -0.2) is 9.59 Å². The molecule has 0 N–H and O–H groups in total. The third-order valence-corrected chi connectivity index (χ3v) is 7.55. The number of anilines is 1.